The van der Waals surface area contributed by atoms with Gasteiger partial charge in [-0.15, -0.1) is 11.3 Å². The zero-order chi connectivity index (χ0) is 25.8. The lowest BCUT2D eigenvalue weighted by atomic mass is 9.89. The summed E-state index contributed by atoms with van der Waals surface area (Å²) in [7, 11) is 0. The summed E-state index contributed by atoms with van der Waals surface area (Å²) in [5.74, 6) is -2.78. The molecule has 35 heavy (non-hydrogen) atoms. The Kier molecular flexibility index (Phi) is 8.30. The van der Waals surface area contributed by atoms with Gasteiger partial charge in [-0.25, -0.2) is 9.18 Å². The molecule has 1 atom stereocenters. The number of halogens is 2. The van der Waals surface area contributed by atoms with Gasteiger partial charge >= 0.3 is 5.97 Å². The smallest absolute Gasteiger partial charge is 0.326 e. The Labute approximate surface area is 212 Å². The number of nitrogens with two attached hydrogens (primary N) is 1. The highest BCUT2D eigenvalue weighted by Gasteiger charge is 2.40. The van der Waals surface area contributed by atoms with Gasteiger partial charge in [0.25, 0.3) is 5.91 Å². The van der Waals surface area contributed by atoms with Crippen molar-refractivity contribution in [2.75, 3.05) is 0 Å². The van der Waals surface area contributed by atoms with Gasteiger partial charge in [-0.2, -0.15) is 0 Å². The highest BCUT2D eigenvalue weighted by Crippen LogP contribution is 2.32. The van der Waals surface area contributed by atoms with E-state index < -0.39 is 35.2 Å². The molecule has 0 bridgehead atoms. The molecule has 3 N–H and O–H groups in total. The summed E-state index contributed by atoms with van der Waals surface area (Å²) in [5, 5.41) is 10.0. The van der Waals surface area contributed by atoms with Crippen molar-refractivity contribution in [2.24, 2.45) is 5.73 Å². The molecule has 0 unspecified atom stereocenters. The average Bonchev–Trinajstić information content (AvgIpc) is 3.23. The maximum Gasteiger partial charge on any atom is 0.326 e. The Morgan fingerprint density at radius 1 is 1.06 bits per heavy atom. The standard InChI is InChI=1S/C26H26ClFN2O4S/c1-26(2,15-16-3-9-19(28)10-4-16)30(20(25(33)34)11-14-23(29)31)24(32)18-7-5-17(6-8-18)21-12-13-22(27)35-21/h3-10,12-13,20H,11,14-15H2,1-2H3,(H2,29,31)(H,33,34)/t20-/m1/s1. The Hall–Kier alpha value is -3.23. The largest absolute Gasteiger partial charge is 0.480 e. The van der Waals surface area contributed by atoms with Crippen molar-refractivity contribution in [2.45, 2.75) is 44.7 Å². The van der Waals surface area contributed by atoms with E-state index in [1.807, 2.05) is 6.07 Å². The maximum absolute atomic E-state index is 13.7. The lowest BCUT2D eigenvalue weighted by Gasteiger charge is -2.42. The van der Waals surface area contributed by atoms with E-state index in [9.17, 15) is 23.9 Å². The molecule has 2 aromatic carbocycles. The molecule has 1 aromatic heterocycles. The van der Waals surface area contributed by atoms with Crippen LogP contribution in [0, 0.1) is 5.82 Å². The minimum atomic E-state index is -1.29. The van der Waals surface area contributed by atoms with Crippen molar-refractivity contribution in [1.82, 2.24) is 4.90 Å². The Balaban J connectivity index is 1.98. The van der Waals surface area contributed by atoms with Gasteiger partial charge in [0.2, 0.25) is 5.91 Å². The topological polar surface area (TPSA) is 101 Å². The first-order valence-corrected chi connectivity index (χ1v) is 12.1. The minimum absolute atomic E-state index is 0.130. The number of primary amides is 1. The van der Waals surface area contributed by atoms with Crippen molar-refractivity contribution in [3.05, 3.63) is 81.9 Å². The van der Waals surface area contributed by atoms with Crippen molar-refractivity contribution >= 4 is 40.7 Å². The fourth-order valence-corrected chi connectivity index (χ4v) is 5.10. The zero-order valence-electron chi connectivity index (χ0n) is 19.3. The van der Waals surface area contributed by atoms with Gasteiger partial charge in [-0.05, 0) is 74.2 Å². The minimum Gasteiger partial charge on any atom is -0.480 e. The van der Waals surface area contributed by atoms with Crippen LogP contribution in [0.25, 0.3) is 10.4 Å². The fourth-order valence-electron chi connectivity index (χ4n) is 4.05. The number of carboxylic acid groups (broad SMARTS) is 1. The van der Waals surface area contributed by atoms with Gasteiger partial charge in [0.05, 0.1) is 4.34 Å². The number of rotatable bonds is 10. The van der Waals surface area contributed by atoms with Crippen molar-refractivity contribution in [3.8, 4) is 10.4 Å². The van der Waals surface area contributed by atoms with Crippen LogP contribution in [0.5, 0.6) is 0 Å². The molecular formula is C26H26ClFN2O4S. The van der Waals surface area contributed by atoms with Crippen LogP contribution in [-0.4, -0.2) is 39.4 Å². The van der Waals surface area contributed by atoms with Gasteiger partial charge in [0.15, 0.2) is 0 Å². The van der Waals surface area contributed by atoms with Crippen LogP contribution in [0.3, 0.4) is 0 Å². The van der Waals surface area contributed by atoms with Crippen LogP contribution >= 0.6 is 22.9 Å². The van der Waals surface area contributed by atoms with E-state index in [2.05, 4.69) is 0 Å². The molecule has 0 aliphatic rings. The molecule has 0 radical (unpaired) electrons. The molecule has 6 nitrogen and oxygen atoms in total. The molecule has 9 heteroatoms. The van der Waals surface area contributed by atoms with Crippen molar-refractivity contribution in [3.63, 3.8) is 0 Å². The molecular weight excluding hydrogens is 491 g/mol. The van der Waals surface area contributed by atoms with E-state index in [0.717, 1.165) is 16.0 Å². The van der Waals surface area contributed by atoms with Gasteiger partial charge in [0, 0.05) is 22.4 Å². The Bertz CT molecular complexity index is 1210. The number of carbonyl (C=O) groups is 3. The first-order valence-electron chi connectivity index (χ1n) is 10.9. The number of thiophene rings is 1. The lowest BCUT2D eigenvalue weighted by Crippen LogP contribution is -2.57. The van der Waals surface area contributed by atoms with Crippen molar-refractivity contribution in [1.29, 1.82) is 0 Å². The number of benzene rings is 2. The summed E-state index contributed by atoms with van der Waals surface area (Å²) < 4.78 is 14.0. The number of carbonyl (C=O) groups excluding carboxylic acids is 2. The number of nitrogens with zero attached hydrogens (tertiary/aromatic N) is 1. The van der Waals surface area contributed by atoms with Crippen LogP contribution in [0.1, 0.15) is 42.6 Å². The summed E-state index contributed by atoms with van der Waals surface area (Å²) in [6, 6.07) is 15.0. The third kappa shape index (κ3) is 6.68. The molecule has 3 rings (SSSR count). The average molecular weight is 517 g/mol. The fraction of sp³-hybridized carbons (Fsp3) is 0.269. The van der Waals surface area contributed by atoms with Crippen LogP contribution in [0.4, 0.5) is 4.39 Å². The quantitative estimate of drug-likeness (QED) is 0.377. The normalized spacial score (nSPS) is 12.2. The first-order chi connectivity index (χ1) is 16.5. The molecule has 0 saturated heterocycles. The number of carboxylic acids is 1. The van der Waals surface area contributed by atoms with Crippen LogP contribution < -0.4 is 5.73 Å². The Morgan fingerprint density at radius 2 is 1.69 bits per heavy atom. The summed E-state index contributed by atoms with van der Waals surface area (Å²) in [6.07, 6.45) is -0.0500. The SMILES string of the molecule is CC(C)(Cc1ccc(F)cc1)N(C(=O)c1ccc(-c2ccc(Cl)s2)cc1)[C@H](CCC(N)=O)C(=O)O. The number of aliphatic carboxylic acids is 1. The maximum atomic E-state index is 13.7. The van der Waals surface area contributed by atoms with E-state index >= 15 is 0 Å². The molecule has 0 aliphatic heterocycles. The second-order valence-corrected chi connectivity index (χ2v) is 10.5. The summed E-state index contributed by atoms with van der Waals surface area (Å²) in [4.78, 5) is 39.7. The van der Waals surface area contributed by atoms with Gasteiger partial charge in [-0.3, -0.25) is 9.59 Å². The number of amides is 2. The summed E-state index contributed by atoms with van der Waals surface area (Å²) in [6.45, 7) is 3.49. The van der Waals surface area contributed by atoms with E-state index in [-0.39, 0.29) is 19.3 Å². The third-order valence-electron chi connectivity index (χ3n) is 5.67. The monoisotopic (exact) mass is 516 g/mol. The summed E-state index contributed by atoms with van der Waals surface area (Å²) >= 11 is 7.43. The molecule has 184 valence electrons. The van der Waals surface area contributed by atoms with Gasteiger partial charge < -0.3 is 15.7 Å². The van der Waals surface area contributed by atoms with Gasteiger partial charge in [0.1, 0.15) is 11.9 Å². The van der Waals surface area contributed by atoms with E-state index in [1.165, 1.54) is 28.4 Å². The second kappa shape index (κ2) is 11.0. The van der Waals surface area contributed by atoms with Crippen LogP contribution in [0.15, 0.2) is 60.7 Å². The molecule has 0 saturated carbocycles. The highest BCUT2D eigenvalue weighted by molar-refractivity contribution is 7.19. The van der Waals surface area contributed by atoms with Crippen molar-refractivity contribution < 1.29 is 23.9 Å². The molecule has 0 spiro atoms. The van der Waals surface area contributed by atoms with Gasteiger partial charge in [-0.1, -0.05) is 35.9 Å². The van der Waals surface area contributed by atoms with E-state index in [4.69, 9.17) is 17.3 Å². The number of hydrogen-bond acceptors (Lipinski definition) is 4. The molecule has 1 heterocycles. The van der Waals surface area contributed by atoms with Crippen LogP contribution in [-0.2, 0) is 16.0 Å². The summed E-state index contributed by atoms with van der Waals surface area (Å²) in [5.41, 5.74) is 6.19. The molecule has 3 aromatic rings. The lowest BCUT2D eigenvalue weighted by molar-refractivity contribution is -0.144. The third-order valence-corrected chi connectivity index (χ3v) is 6.95. The predicted octanol–water partition coefficient (Wildman–Crippen LogP) is 5.39. The molecule has 0 fully saturated rings. The molecule has 0 aliphatic carbocycles. The van der Waals surface area contributed by atoms with Crippen LogP contribution in [0.2, 0.25) is 4.34 Å². The number of hydrogen-bond donors (Lipinski definition) is 2. The second-order valence-electron chi connectivity index (χ2n) is 8.83. The predicted molar refractivity (Wildman–Crippen MR) is 135 cm³/mol. The molecule has 2 amide bonds. The van der Waals surface area contributed by atoms with E-state index in [1.54, 1.807) is 56.3 Å². The highest BCUT2D eigenvalue weighted by atomic mass is 35.5. The first kappa shape index (κ1) is 26.4. The Morgan fingerprint density at radius 3 is 2.20 bits per heavy atom. The van der Waals surface area contributed by atoms with E-state index in [0.29, 0.717) is 9.90 Å². The zero-order valence-corrected chi connectivity index (χ0v) is 20.9.